The number of aryl methyl sites for hydroxylation is 1. The Morgan fingerprint density at radius 1 is 1.03 bits per heavy atom. The van der Waals surface area contributed by atoms with E-state index in [2.05, 4.69) is 15.4 Å². The zero-order chi connectivity index (χ0) is 27.4. The number of ether oxygens (including phenoxy) is 1. The number of benzene rings is 2. The van der Waals surface area contributed by atoms with Crippen LogP contribution in [0.3, 0.4) is 0 Å². The summed E-state index contributed by atoms with van der Waals surface area (Å²) in [5, 5.41) is 6.49. The van der Waals surface area contributed by atoms with Crippen molar-refractivity contribution < 1.29 is 31.9 Å². The summed E-state index contributed by atoms with van der Waals surface area (Å²) in [6.07, 6.45) is -3.62. The van der Waals surface area contributed by atoms with Gasteiger partial charge in [0.25, 0.3) is 5.91 Å². The largest absolute Gasteiger partial charge is 0.466 e. The number of nitrogens with one attached hydrogen (secondary N) is 1. The van der Waals surface area contributed by atoms with Crippen LogP contribution in [0.25, 0.3) is 22.4 Å². The summed E-state index contributed by atoms with van der Waals surface area (Å²) in [4.78, 5) is 29.5. The minimum Gasteiger partial charge on any atom is -0.466 e. The summed E-state index contributed by atoms with van der Waals surface area (Å²) in [7, 11) is 1.52. The first-order valence-corrected chi connectivity index (χ1v) is 11.5. The van der Waals surface area contributed by atoms with Crippen molar-refractivity contribution in [1.29, 1.82) is 0 Å². The second-order valence-electron chi connectivity index (χ2n) is 8.25. The van der Waals surface area contributed by atoms with Crippen LogP contribution in [0.2, 0.25) is 0 Å². The van der Waals surface area contributed by atoms with E-state index >= 15 is 0 Å². The van der Waals surface area contributed by atoms with Crippen molar-refractivity contribution in [3.05, 3.63) is 89.5 Å². The van der Waals surface area contributed by atoms with Crippen LogP contribution in [-0.2, 0) is 29.2 Å². The standard InChI is InChI=1S/C27H22F4N4O3/c1-3-38-24(36)13-17-9-10-18(16-7-5-4-6-8-16)25(32-17)33-26(37)20-14-19(23-11-12-35(2)34-23)21(15-22(20)28)27(29,30)31/h4-12,14-15H,3,13H2,1-2H3,(H,32,33,37). The predicted molar refractivity (Wildman–Crippen MR) is 132 cm³/mol. The van der Waals surface area contributed by atoms with Crippen molar-refractivity contribution >= 4 is 17.7 Å². The number of aromatic nitrogens is 3. The normalized spacial score (nSPS) is 11.3. The first kappa shape index (κ1) is 26.5. The molecule has 0 spiro atoms. The van der Waals surface area contributed by atoms with Gasteiger partial charge in [0, 0.05) is 24.4 Å². The number of carbonyl (C=O) groups excluding carboxylic acids is 2. The van der Waals surface area contributed by atoms with E-state index in [0.29, 0.717) is 11.1 Å². The van der Waals surface area contributed by atoms with Crippen molar-refractivity contribution in [2.45, 2.75) is 19.5 Å². The topological polar surface area (TPSA) is 86.1 Å². The van der Waals surface area contributed by atoms with Crippen LogP contribution in [0.5, 0.6) is 0 Å². The van der Waals surface area contributed by atoms with Gasteiger partial charge in [0.2, 0.25) is 0 Å². The maximum Gasteiger partial charge on any atom is 0.417 e. The lowest BCUT2D eigenvalue weighted by atomic mass is 9.99. The van der Waals surface area contributed by atoms with Gasteiger partial charge >= 0.3 is 12.1 Å². The maximum absolute atomic E-state index is 14.9. The number of hydrogen-bond donors (Lipinski definition) is 1. The van der Waals surface area contributed by atoms with E-state index in [1.54, 1.807) is 49.4 Å². The molecule has 0 unspecified atom stereocenters. The molecule has 0 radical (unpaired) electrons. The molecule has 7 nitrogen and oxygen atoms in total. The monoisotopic (exact) mass is 526 g/mol. The Kier molecular flexibility index (Phi) is 7.56. The number of hydrogen-bond acceptors (Lipinski definition) is 5. The summed E-state index contributed by atoms with van der Waals surface area (Å²) >= 11 is 0. The molecule has 2 aromatic heterocycles. The van der Waals surface area contributed by atoms with Crippen molar-refractivity contribution in [2.24, 2.45) is 7.05 Å². The van der Waals surface area contributed by atoms with E-state index in [-0.39, 0.29) is 36.3 Å². The Hall–Kier alpha value is -4.54. The van der Waals surface area contributed by atoms with Gasteiger partial charge < -0.3 is 10.1 Å². The average Bonchev–Trinajstić information content (AvgIpc) is 3.30. The van der Waals surface area contributed by atoms with Crippen molar-refractivity contribution in [3.63, 3.8) is 0 Å². The van der Waals surface area contributed by atoms with Crippen molar-refractivity contribution in [1.82, 2.24) is 14.8 Å². The number of esters is 1. The number of alkyl halides is 3. The Labute approximate surface area is 215 Å². The highest BCUT2D eigenvalue weighted by molar-refractivity contribution is 6.06. The molecule has 0 bridgehead atoms. The zero-order valence-corrected chi connectivity index (χ0v) is 20.3. The van der Waals surface area contributed by atoms with Gasteiger partial charge in [0.1, 0.15) is 11.6 Å². The Bertz CT molecular complexity index is 1480. The van der Waals surface area contributed by atoms with Crippen molar-refractivity contribution in [2.75, 3.05) is 11.9 Å². The molecule has 4 aromatic rings. The number of pyridine rings is 1. The first-order valence-electron chi connectivity index (χ1n) is 11.5. The third kappa shape index (κ3) is 5.88. The van der Waals surface area contributed by atoms with Crippen molar-refractivity contribution in [3.8, 4) is 22.4 Å². The fraction of sp³-hybridized carbons (Fsp3) is 0.185. The van der Waals surface area contributed by atoms with Crippen LogP contribution in [0, 0.1) is 5.82 Å². The molecule has 0 fully saturated rings. The van der Waals surface area contributed by atoms with E-state index in [4.69, 9.17) is 4.74 Å². The molecule has 196 valence electrons. The molecule has 2 aromatic carbocycles. The van der Waals surface area contributed by atoms with E-state index < -0.39 is 40.6 Å². The van der Waals surface area contributed by atoms with E-state index in [1.807, 2.05) is 0 Å². The number of amides is 1. The molecule has 4 rings (SSSR count). The molecule has 11 heteroatoms. The van der Waals surface area contributed by atoms with Gasteiger partial charge in [-0.25, -0.2) is 9.37 Å². The van der Waals surface area contributed by atoms with Gasteiger partial charge in [0.05, 0.1) is 35.5 Å². The number of rotatable bonds is 7. The lowest BCUT2D eigenvalue weighted by Gasteiger charge is -2.16. The number of nitrogens with zero attached hydrogens (tertiary/aromatic N) is 3. The second-order valence-corrected chi connectivity index (χ2v) is 8.25. The lowest BCUT2D eigenvalue weighted by Crippen LogP contribution is -2.18. The molecule has 1 N–H and O–H groups in total. The summed E-state index contributed by atoms with van der Waals surface area (Å²) < 4.78 is 62.3. The highest BCUT2D eigenvalue weighted by Gasteiger charge is 2.36. The smallest absolute Gasteiger partial charge is 0.417 e. The molecule has 0 atom stereocenters. The van der Waals surface area contributed by atoms with Gasteiger partial charge in [-0.1, -0.05) is 30.3 Å². The Balaban J connectivity index is 1.77. The third-order valence-corrected chi connectivity index (χ3v) is 5.55. The van der Waals surface area contributed by atoms with Gasteiger partial charge in [-0.3, -0.25) is 14.3 Å². The van der Waals surface area contributed by atoms with Crippen LogP contribution in [-0.4, -0.2) is 33.2 Å². The second kappa shape index (κ2) is 10.8. The maximum atomic E-state index is 14.9. The third-order valence-electron chi connectivity index (χ3n) is 5.55. The molecule has 0 aliphatic heterocycles. The number of carbonyl (C=O) groups is 2. The van der Waals surface area contributed by atoms with Gasteiger partial charge in [-0.2, -0.15) is 18.3 Å². The highest BCUT2D eigenvalue weighted by atomic mass is 19.4. The number of halogens is 4. The summed E-state index contributed by atoms with van der Waals surface area (Å²) in [6.45, 7) is 1.84. The average molecular weight is 526 g/mol. The molecule has 38 heavy (non-hydrogen) atoms. The first-order chi connectivity index (χ1) is 18.1. The highest BCUT2D eigenvalue weighted by Crippen LogP contribution is 2.38. The predicted octanol–water partition coefficient (Wildman–Crippen LogP) is 5.66. The quantitative estimate of drug-likeness (QED) is 0.248. The molecule has 0 aliphatic rings. The molecule has 0 saturated heterocycles. The molecular weight excluding hydrogens is 504 g/mol. The van der Waals surface area contributed by atoms with E-state index in [1.165, 1.54) is 24.0 Å². The van der Waals surface area contributed by atoms with Crippen LogP contribution >= 0.6 is 0 Å². The van der Waals surface area contributed by atoms with Gasteiger partial charge in [0.15, 0.2) is 0 Å². The SMILES string of the molecule is CCOC(=O)Cc1ccc(-c2ccccc2)c(NC(=O)c2cc(-c3ccn(C)n3)c(C(F)(F)F)cc2F)n1. The minimum absolute atomic E-state index is 0.00156. The van der Waals surface area contributed by atoms with Crippen LogP contribution in [0.15, 0.2) is 66.9 Å². The zero-order valence-electron chi connectivity index (χ0n) is 20.3. The van der Waals surface area contributed by atoms with Gasteiger partial charge in [-0.05, 0) is 42.8 Å². The molecular formula is C27H22F4N4O3. The lowest BCUT2D eigenvalue weighted by molar-refractivity contribution is -0.142. The summed E-state index contributed by atoms with van der Waals surface area (Å²) in [5.41, 5.74) is -1.00. The van der Waals surface area contributed by atoms with Crippen LogP contribution < -0.4 is 5.32 Å². The van der Waals surface area contributed by atoms with Crippen LogP contribution in [0.1, 0.15) is 28.5 Å². The van der Waals surface area contributed by atoms with E-state index in [0.717, 1.165) is 6.07 Å². The molecule has 1 amide bonds. The summed E-state index contributed by atoms with van der Waals surface area (Å²) in [6, 6.07) is 14.5. The van der Waals surface area contributed by atoms with E-state index in [9.17, 15) is 27.2 Å². The molecule has 2 heterocycles. The fourth-order valence-electron chi connectivity index (χ4n) is 3.83. The number of anilines is 1. The molecule has 0 saturated carbocycles. The minimum atomic E-state index is -4.88. The van der Waals surface area contributed by atoms with Gasteiger partial charge in [-0.15, -0.1) is 0 Å². The molecule has 0 aliphatic carbocycles. The fourth-order valence-corrected chi connectivity index (χ4v) is 3.83. The summed E-state index contributed by atoms with van der Waals surface area (Å²) in [5.74, 6) is -2.91. The van der Waals surface area contributed by atoms with Crippen LogP contribution in [0.4, 0.5) is 23.4 Å². The Morgan fingerprint density at radius 3 is 2.39 bits per heavy atom. The Morgan fingerprint density at radius 2 is 1.76 bits per heavy atom.